The van der Waals surface area contributed by atoms with E-state index in [4.69, 9.17) is 16.3 Å². The molecule has 0 bridgehead atoms. The van der Waals surface area contributed by atoms with Gasteiger partial charge in [0.25, 0.3) is 5.91 Å². The number of rotatable bonds is 6. The molecule has 0 fully saturated rings. The van der Waals surface area contributed by atoms with Crippen LogP contribution in [0.2, 0.25) is 5.02 Å². The topological polar surface area (TPSA) is 106 Å². The zero-order valence-electron chi connectivity index (χ0n) is 15.5. The van der Waals surface area contributed by atoms with Crippen LogP contribution in [0.1, 0.15) is 15.9 Å². The van der Waals surface area contributed by atoms with Crippen molar-refractivity contribution in [3.63, 3.8) is 0 Å². The molecule has 8 nitrogen and oxygen atoms in total. The normalized spacial score (nSPS) is 12.0. The minimum Gasteiger partial charge on any atom is -0.452 e. The van der Waals surface area contributed by atoms with Crippen LogP contribution < -0.4 is 5.32 Å². The summed E-state index contributed by atoms with van der Waals surface area (Å²) in [4.78, 5) is 27.3. The molecule has 0 aliphatic rings. The van der Waals surface area contributed by atoms with E-state index < -0.39 is 45.3 Å². The van der Waals surface area contributed by atoms with Gasteiger partial charge in [-0.2, -0.15) is 13.2 Å². The van der Waals surface area contributed by atoms with Crippen molar-refractivity contribution in [1.29, 1.82) is 0 Å². The lowest BCUT2D eigenvalue weighted by molar-refractivity contribution is -0.137. The Kier molecular flexibility index (Phi) is 7.06. The Hall–Kier alpha value is -2.70. The first kappa shape index (κ1) is 23.6. The van der Waals surface area contributed by atoms with E-state index in [1.165, 1.54) is 32.3 Å². The molecule has 0 radical (unpaired) electrons. The van der Waals surface area contributed by atoms with Gasteiger partial charge >= 0.3 is 12.1 Å². The van der Waals surface area contributed by atoms with Crippen LogP contribution in [0.5, 0.6) is 0 Å². The zero-order chi connectivity index (χ0) is 22.7. The third-order valence-electron chi connectivity index (χ3n) is 3.61. The number of anilines is 1. The summed E-state index contributed by atoms with van der Waals surface area (Å²) in [7, 11) is -1.13. The Balaban J connectivity index is 2.03. The third-order valence-corrected chi connectivity index (χ3v) is 5.71. The van der Waals surface area contributed by atoms with Crippen LogP contribution in [0, 0.1) is 0 Å². The number of hydrogen-bond donors (Lipinski definition) is 1. The second-order valence-electron chi connectivity index (χ2n) is 5.99. The minimum absolute atomic E-state index is 0.114. The number of nitrogens with zero attached hydrogens (tertiary/aromatic N) is 2. The summed E-state index contributed by atoms with van der Waals surface area (Å²) in [6.45, 7) is -0.803. The Bertz CT molecular complexity index is 1070. The van der Waals surface area contributed by atoms with Crippen molar-refractivity contribution in [3.05, 3.63) is 52.7 Å². The van der Waals surface area contributed by atoms with Crippen molar-refractivity contribution in [2.75, 3.05) is 26.0 Å². The summed E-state index contributed by atoms with van der Waals surface area (Å²) in [6, 6.07) is 5.59. The van der Waals surface area contributed by atoms with E-state index in [9.17, 15) is 31.2 Å². The SMILES string of the molecule is CN(C)S(=O)(=O)c1cccc(C(=O)OCC(=O)Nc2ncc(C(F)(F)F)cc2Cl)c1. The zero-order valence-corrected chi connectivity index (χ0v) is 17.1. The molecule has 1 amide bonds. The number of benzene rings is 1. The van der Waals surface area contributed by atoms with Gasteiger partial charge in [-0.25, -0.2) is 22.5 Å². The van der Waals surface area contributed by atoms with Gasteiger partial charge in [0.15, 0.2) is 12.4 Å². The number of pyridine rings is 1. The molecule has 0 unspecified atom stereocenters. The number of nitrogens with one attached hydrogen (secondary N) is 1. The smallest absolute Gasteiger partial charge is 0.417 e. The Morgan fingerprint density at radius 1 is 1.23 bits per heavy atom. The van der Waals surface area contributed by atoms with Gasteiger partial charge in [0.05, 0.1) is 21.0 Å². The van der Waals surface area contributed by atoms with Gasteiger partial charge in [0.1, 0.15) is 0 Å². The molecule has 2 rings (SSSR count). The number of carbonyl (C=O) groups is 2. The molecule has 13 heteroatoms. The van der Waals surface area contributed by atoms with Crippen LogP contribution in [0.25, 0.3) is 0 Å². The van der Waals surface area contributed by atoms with Crippen molar-refractivity contribution in [1.82, 2.24) is 9.29 Å². The second kappa shape index (κ2) is 8.98. The van der Waals surface area contributed by atoms with E-state index >= 15 is 0 Å². The van der Waals surface area contributed by atoms with Crippen molar-refractivity contribution < 1.29 is 35.9 Å². The first-order valence-corrected chi connectivity index (χ1v) is 9.86. The van der Waals surface area contributed by atoms with E-state index in [0.29, 0.717) is 12.3 Å². The van der Waals surface area contributed by atoms with Gasteiger partial charge in [-0.05, 0) is 24.3 Å². The number of amides is 1. The number of halogens is 4. The monoisotopic (exact) mass is 465 g/mol. The van der Waals surface area contributed by atoms with Crippen LogP contribution in [0.15, 0.2) is 41.4 Å². The summed E-state index contributed by atoms with van der Waals surface area (Å²) in [5.41, 5.74) is -1.21. The van der Waals surface area contributed by atoms with Gasteiger partial charge in [-0.3, -0.25) is 4.79 Å². The van der Waals surface area contributed by atoms with E-state index in [2.05, 4.69) is 10.3 Å². The second-order valence-corrected chi connectivity index (χ2v) is 8.55. The summed E-state index contributed by atoms with van der Waals surface area (Å²) >= 11 is 5.68. The highest BCUT2D eigenvalue weighted by molar-refractivity contribution is 7.89. The molecule has 0 aliphatic heterocycles. The van der Waals surface area contributed by atoms with Crippen molar-refractivity contribution in [2.45, 2.75) is 11.1 Å². The molecule has 0 saturated carbocycles. The number of carbonyl (C=O) groups excluding carboxylic acids is 2. The van der Waals surface area contributed by atoms with E-state index in [0.717, 1.165) is 10.4 Å². The van der Waals surface area contributed by atoms with Crippen LogP contribution >= 0.6 is 11.6 Å². The highest BCUT2D eigenvalue weighted by Gasteiger charge is 2.31. The maximum absolute atomic E-state index is 12.6. The number of sulfonamides is 1. The molecule has 162 valence electrons. The molecule has 1 heterocycles. The Morgan fingerprint density at radius 3 is 2.47 bits per heavy atom. The fraction of sp³-hybridized carbons (Fsp3) is 0.235. The Morgan fingerprint density at radius 2 is 1.90 bits per heavy atom. The maximum atomic E-state index is 12.6. The fourth-order valence-corrected chi connectivity index (χ4v) is 3.22. The van der Waals surface area contributed by atoms with E-state index in [-0.39, 0.29) is 16.3 Å². The van der Waals surface area contributed by atoms with Gasteiger partial charge in [-0.1, -0.05) is 17.7 Å². The number of esters is 1. The summed E-state index contributed by atoms with van der Waals surface area (Å²) in [5, 5.41) is 1.66. The third kappa shape index (κ3) is 5.68. The molecule has 2 aromatic rings. The number of ether oxygens (including phenoxy) is 1. The van der Waals surface area contributed by atoms with Gasteiger partial charge in [-0.15, -0.1) is 0 Å². The molecule has 1 aromatic carbocycles. The summed E-state index contributed by atoms with van der Waals surface area (Å²) in [5.74, 6) is -2.23. The molecule has 0 atom stereocenters. The molecule has 30 heavy (non-hydrogen) atoms. The van der Waals surface area contributed by atoms with Crippen molar-refractivity contribution in [3.8, 4) is 0 Å². The molecule has 1 aromatic heterocycles. The average Bonchev–Trinajstić information content (AvgIpc) is 2.66. The van der Waals surface area contributed by atoms with Crippen LogP contribution in [-0.2, 0) is 25.7 Å². The number of hydrogen-bond acceptors (Lipinski definition) is 6. The van der Waals surface area contributed by atoms with Gasteiger partial charge in [0.2, 0.25) is 10.0 Å². The Labute approximate surface area is 174 Å². The highest BCUT2D eigenvalue weighted by Crippen LogP contribution is 2.32. The quantitative estimate of drug-likeness (QED) is 0.658. The number of aromatic nitrogens is 1. The first-order chi connectivity index (χ1) is 13.8. The van der Waals surface area contributed by atoms with Gasteiger partial charge in [0, 0.05) is 20.3 Å². The van der Waals surface area contributed by atoms with Crippen molar-refractivity contribution >= 4 is 39.3 Å². The van der Waals surface area contributed by atoms with Crippen molar-refractivity contribution in [2.24, 2.45) is 0 Å². The van der Waals surface area contributed by atoms with Crippen LogP contribution in [0.4, 0.5) is 19.0 Å². The predicted molar refractivity (Wildman–Crippen MR) is 100 cm³/mol. The molecular weight excluding hydrogens is 451 g/mol. The average molecular weight is 466 g/mol. The molecule has 0 saturated heterocycles. The lowest BCUT2D eigenvalue weighted by Gasteiger charge is -2.12. The summed E-state index contributed by atoms with van der Waals surface area (Å²) in [6.07, 6.45) is -4.16. The van der Waals surface area contributed by atoms with Crippen LogP contribution in [0.3, 0.4) is 0 Å². The molecule has 1 N–H and O–H groups in total. The van der Waals surface area contributed by atoms with E-state index in [1.54, 1.807) is 0 Å². The maximum Gasteiger partial charge on any atom is 0.417 e. The van der Waals surface area contributed by atoms with Gasteiger partial charge < -0.3 is 10.1 Å². The first-order valence-electron chi connectivity index (χ1n) is 8.04. The largest absolute Gasteiger partial charge is 0.452 e. The predicted octanol–water partition coefficient (Wildman–Crippen LogP) is 2.80. The van der Waals surface area contributed by atoms with Crippen LogP contribution in [-0.4, -0.2) is 50.3 Å². The van der Waals surface area contributed by atoms with E-state index in [1.807, 2.05) is 0 Å². The molecule has 0 aliphatic carbocycles. The lowest BCUT2D eigenvalue weighted by Crippen LogP contribution is -2.23. The number of alkyl halides is 3. The summed E-state index contributed by atoms with van der Waals surface area (Å²) < 4.78 is 67.8. The lowest BCUT2D eigenvalue weighted by atomic mass is 10.2. The standard InChI is InChI=1S/C17H15ClF3N3O5S/c1-24(2)30(27,28)12-5-3-4-10(6-12)16(26)29-9-14(25)23-15-13(18)7-11(8-22-15)17(19,20)21/h3-8H,9H2,1-2H3,(H,22,23,25). The molecule has 0 spiro atoms. The fourth-order valence-electron chi connectivity index (χ4n) is 2.06. The molecular formula is C17H15ClF3N3O5S. The minimum atomic E-state index is -4.65. The highest BCUT2D eigenvalue weighted by atomic mass is 35.5.